The van der Waals surface area contributed by atoms with Crippen molar-refractivity contribution in [2.24, 2.45) is 0 Å². The SMILES string of the molecule is OCCC1(c2ccoc2)OCCO1. The summed E-state index contributed by atoms with van der Waals surface area (Å²) in [5, 5.41) is 8.90. The first-order valence-corrected chi connectivity index (χ1v) is 4.29. The molecule has 2 rings (SSSR count). The van der Waals surface area contributed by atoms with Gasteiger partial charge in [-0.3, -0.25) is 0 Å². The smallest absolute Gasteiger partial charge is 0.200 e. The number of ether oxygens (including phenoxy) is 2. The lowest BCUT2D eigenvalue weighted by atomic mass is 10.1. The molecule has 1 N–H and O–H groups in total. The molecule has 13 heavy (non-hydrogen) atoms. The van der Waals surface area contributed by atoms with Crippen LogP contribution in [-0.2, 0) is 15.3 Å². The summed E-state index contributed by atoms with van der Waals surface area (Å²) in [7, 11) is 0. The van der Waals surface area contributed by atoms with Crippen LogP contribution in [0.3, 0.4) is 0 Å². The maximum atomic E-state index is 8.90. The third-order valence-corrected chi connectivity index (χ3v) is 2.16. The zero-order valence-electron chi connectivity index (χ0n) is 7.23. The third-order valence-electron chi connectivity index (χ3n) is 2.16. The molecular formula is C9H12O4. The van der Waals surface area contributed by atoms with Gasteiger partial charge in [0.1, 0.15) is 0 Å². The fourth-order valence-corrected chi connectivity index (χ4v) is 1.54. The van der Waals surface area contributed by atoms with Crippen molar-refractivity contribution in [1.82, 2.24) is 0 Å². The first-order valence-electron chi connectivity index (χ1n) is 4.29. The third kappa shape index (κ3) is 1.48. The highest BCUT2D eigenvalue weighted by molar-refractivity contribution is 5.14. The first kappa shape index (κ1) is 8.74. The van der Waals surface area contributed by atoms with Gasteiger partial charge in [0.2, 0.25) is 0 Å². The van der Waals surface area contributed by atoms with Crippen LogP contribution in [0.2, 0.25) is 0 Å². The van der Waals surface area contributed by atoms with Gasteiger partial charge in [-0.25, -0.2) is 0 Å². The molecule has 1 saturated heterocycles. The molecule has 0 aromatic carbocycles. The van der Waals surface area contributed by atoms with Crippen molar-refractivity contribution in [2.45, 2.75) is 12.2 Å². The molecule has 0 aliphatic carbocycles. The van der Waals surface area contributed by atoms with E-state index >= 15 is 0 Å². The minimum atomic E-state index is -0.776. The lowest BCUT2D eigenvalue weighted by molar-refractivity contribution is -0.176. The topological polar surface area (TPSA) is 51.8 Å². The van der Waals surface area contributed by atoms with E-state index in [0.29, 0.717) is 19.6 Å². The van der Waals surface area contributed by atoms with Gasteiger partial charge in [0, 0.05) is 18.6 Å². The Bertz CT molecular complexity index is 249. The number of hydrogen-bond donors (Lipinski definition) is 1. The minimum Gasteiger partial charge on any atom is -0.472 e. The Morgan fingerprint density at radius 2 is 2.15 bits per heavy atom. The van der Waals surface area contributed by atoms with Crippen LogP contribution >= 0.6 is 0 Å². The lowest BCUT2D eigenvalue weighted by Crippen LogP contribution is -2.27. The summed E-state index contributed by atoms with van der Waals surface area (Å²) in [5.74, 6) is -0.776. The molecule has 0 saturated carbocycles. The van der Waals surface area contributed by atoms with Crippen molar-refractivity contribution >= 4 is 0 Å². The van der Waals surface area contributed by atoms with Crippen molar-refractivity contribution in [3.63, 3.8) is 0 Å². The molecule has 4 heteroatoms. The van der Waals surface area contributed by atoms with E-state index in [2.05, 4.69) is 0 Å². The largest absolute Gasteiger partial charge is 0.472 e. The maximum Gasteiger partial charge on any atom is 0.200 e. The van der Waals surface area contributed by atoms with Crippen LogP contribution in [0.25, 0.3) is 0 Å². The normalized spacial score (nSPS) is 20.7. The second kappa shape index (κ2) is 3.49. The van der Waals surface area contributed by atoms with E-state index < -0.39 is 5.79 Å². The first-order chi connectivity index (χ1) is 6.37. The van der Waals surface area contributed by atoms with Gasteiger partial charge in [-0.05, 0) is 6.07 Å². The molecule has 0 spiro atoms. The van der Waals surface area contributed by atoms with E-state index in [9.17, 15) is 0 Å². The van der Waals surface area contributed by atoms with Crippen LogP contribution in [0.5, 0.6) is 0 Å². The molecule has 2 heterocycles. The Labute approximate surface area is 76.1 Å². The number of hydrogen-bond acceptors (Lipinski definition) is 4. The summed E-state index contributed by atoms with van der Waals surface area (Å²) < 4.78 is 15.9. The summed E-state index contributed by atoms with van der Waals surface area (Å²) >= 11 is 0. The van der Waals surface area contributed by atoms with Crippen molar-refractivity contribution < 1.29 is 19.0 Å². The molecule has 1 aromatic rings. The number of aliphatic hydroxyl groups excluding tert-OH is 1. The second-order valence-corrected chi connectivity index (χ2v) is 2.94. The van der Waals surface area contributed by atoms with Gasteiger partial charge >= 0.3 is 0 Å². The summed E-state index contributed by atoms with van der Waals surface area (Å²) in [5.41, 5.74) is 0.832. The number of rotatable bonds is 3. The molecule has 0 atom stereocenters. The van der Waals surface area contributed by atoms with Crippen LogP contribution in [0.4, 0.5) is 0 Å². The fourth-order valence-electron chi connectivity index (χ4n) is 1.54. The Morgan fingerprint density at radius 1 is 1.38 bits per heavy atom. The summed E-state index contributed by atoms with van der Waals surface area (Å²) in [6.45, 7) is 1.15. The zero-order chi connectivity index (χ0) is 9.15. The number of furan rings is 1. The van der Waals surface area contributed by atoms with Gasteiger partial charge in [-0.15, -0.1) is 0 Å². The van der Waals surface area contributed by atoms with E-state index in [1.165, 1.54) is 0 Å². The predicted molar refractivity (Wildman–Crippen MR) is 44.0 cm³/mol. The summed E-state index contributed by atoms with van der Waals surface area (Å²) in [6.07, 6.45) is 3.59. The average molecular weight is 184 g/mol. The lowest BCUT2D eigenvalue weighted by Gasteiger charge is -2.24. The Morgan fingerprint density at radius 3 is 2.69 bits per heavy atom. The van der Waals surface area contributed by atoms with Crippen LogP contribution < -0.4 is 0 Å². The van der Waals surface area contributed by atoms with Crippen LogP contribution in [0, 0.1) is 0 Å². The molecule has 1 aliphatic heterocycles. The van der Waals surface area contributed by atoms with Crippen molar-refractivity contribution in [1.29, 1.82) is 0 Å². The molecule has 0 unspecified atom stereocenters. The average Bonchev–Trinajstić information content (AvgIpc) is 2.73. The summed E-state index contributed by atoms with van der Waals surface area (Å²) in [6, 6.07) is 1.79. The standard InChI is InChI=1S/C9H12O4/c10-3-2-9(12-5-6-13-9)8-1-4-11-7-8/h1,4,7,10H,2-3,5-6H2. The highest BCUT2D eigenvalue weighted by Crippen LogP contribution is 2.34. The highest BCUT2D eigenvalue weighted by Gasteiger charge is 2.38. The van der Waals surface area contributed by atoms with Crippen molar-refractivity contribution in [2.75, 3.05) is 19.8 Å². The Hall–Kier alpha value is -0.840. The molecule has 0 radical (unpaired) electrons. The fraction of sp³-hybridized carbons (Fsp3) is 0.556. The van der Waals surface area contributed by atoms with Gasteiger partial charge < -0.3 is 19.0 Å². The molecule has 1 aliphatic rings. The van der Waals surface area contributed by atoms with E-state index in [4.69, 9.17) is 19.0 Å². The zero-order valence-corrected chi connectivity index (χ0v) is 7.23. The van der Waals surface area contributed by atoms with E-state index in [0.717, 1.165) is 5.56 Å². The van der Waals surface area contributed by atoms with Crippen LogP contribution in [0.15, 0.2) is 23.0 Å². The van der Waals surface area contributed by atoms with Crippen LogP contribution in [-0.4, -0.2) is 24.9 Å². The van der Waals surface area contributed by atoms with Crippen molar-refractivity contribution in [3.05, 3.63) is 24.2 Å². The van der Waals surface area contributed by atoms with Gasteiger partial charge in [0.05, 0.1) is 25.7 Å². The van der Waals surface area contributed by atoms with E-state index in [1.807, 2.05) is 0 Å². The van der Waals surface area contributed by atoms with Crippen LogP contribution in [0.1, 0.15) is 12.0 Å². The summed E-state index contributed by atoms with van der Waals surface area (Å²) in [4.78, 5) is 0. The molecule has 4 nitrogen and oxygen atoms in total. The maximum absolute atomic E-state index is 8.90. The van der Waals surface area contributed by atoms with E-state index in [1.54, 1.807) is 18.6 Å². The van der Waals surface area contributed by atoms with Gasteiger partial charge in [0.25, 0.3) is 0 Å². The van der Waals surface area contributed by atoms with E-state index in [-0.39, 0.29) is 6.61 Å². The molecule has 72 valence electrons. The molecular weight excluding hydrogens is 172 g/mol. The molecule has 0 bridgehead atoms. The monoisotopic (exact) mass is 184 g/mol. The minimum absolute atomic E-state index is 0.0329. The second-order valence-electron chi connectivity index (χ2n) is 2.94. The number of aliphatic hydroxyl groups is 1. The Kier molecular flexibility index (Phi) is 2.35. The predicted octanol–water partition coefficient (Wildman–Crippen LogP) is 0.862. The Balaban J connectivity index is 2.22. The molecule has 1 fully saturated rings. The van der Waals surface area contributed by atoms with Gasteiger partial charge in [-0.1, -0.05) is 0 Å². The molecule has 1 aromatic heterocycles. The molecule has 0 amide bonds. The highest BCUT2D eigenvalue weighted by atomic mass is 16.7. The van der Waals surface area contributed by atoms with Crippen molar-refractivity contribution in [3.8, 4) is 0 Å². The van der Waals surface area contributed by atoms with Gasteiger partial charge in [-0.2, -0.15) is 0 Å². The quantitative estimate of drug-likeness (QED) is 0.757. The van der Waals surface area contributed by atoms with Gasteiger partial charge in [0.15, 0.2) is 5.79 Å².